The van der Waals surface area contributed by atoms with Crippen LogP contribution in [0.25, 0.3) is 10.9 Å². The molecule has 0 unspecified atom stereocenters. The van der Waals surface area contributed by atoms with Crippen LogP contribution in [0.4, 0.5) is 5.82 Å². The molecule has 2 heterocycles. The van der Waals surface area contributed by atoms with E-state index in [1.165, 1.54) is 0 Å². The number of benzene rings is 1. The molecule has 0 saturated heterocycles. The van der Waals surface area contributed by atoms with Gasteiger partial charge in [0.25, 0.3) is 0 Å². The summed E-state index contributed by atoms with van der Waals surface area (Å²) >= 11 is 6.98. The van der Waals surface area contributed by atoms with Crippen LogP contribution < -0.4 is 5.32 Å². The van der Waals surface area contributed by atoms with Crippen molar-refractivity contribution in [2.45, 2.75) is 6.54 Å². The lowest BCUT2D eigenvalue weighted by Crippen LogP contribution is -2.01. The van der Waals surface area contributed by atoms with Crippen LogP contribution in [-0.4, -0.2) is 9.97 Å². The van der Waals surface area contributed by atoms with E-state index in [-0.39, 0.29) is 0 Å². The van der Waals surface area contributed by atoms with Gasteiger partial charge in [-0.05, 0) is 40.2 Å². The highest BCUT2D eigenvalue weighted by atomic mass is 79.9. The maximum Gasteiger partial charge on any atom is 0.137 e. The highest BCUT2D eigenvalue weighted by Gasteiger charge is 2.08. The van der Waals surface area contributed by atoms with Crippen LogP contribution in [-0.2, 0) is 6.54 Å². The fraction of sp³-hybridized carbons (Fsp3) is 0.0769. The number of aromatic nitrogens is 2. The summed E-state index contributed by atoms with van der Waals surface area (Å²) in [6, 6.07) is 7.74. The molecule has 0 atom stereocenters. The fourth-order valence-corrected chi connectivity index (χ4v) is 3.14. The summed E-state index contributed by atoms with van der Waals surface area (Å²) < 4.78 is 7.20. The van der Waals surface area contributed by atoms with Gasteiger partial charge in [0.15, 0.2) is 0 Å². The molecule has 0 saturated carbocycles. The van der Waals surface area contributed by atoms with Gasteiger partial charge in [-0.3, -0.25) is 0 Å². The number of anilines is 1. The van der Waals surface area contributed by atoms with E-state index in [0.717, 1.165) is 31.4 Å². The molecule has 6 heteroatoms. The fourth-order valence-electron chi connectivity index (χ4n) is 1.82. The van der Waals surface area contributed by atoms with Crippen molar-refractivity contribution in [2.24, 2.45) is 0 Å². The molecular formula is C13H9Br2N3O. The summed E-state index contributed by atoms with van der Waals surface area (Å²) in [5.74, 6) is 1.64. The van der Waals surface area contributed by atoms with Crippen molar-refractivity contribution in [2.75, 3.05) is 5.32 Å². The first-order valence-electron chi connectivity index (χ1n) is 5.60. The molecular weight excluding hydrogens is 374 g/mol. The molecule has 3 rings (SSSR count). The number of nitrogens with zero attached hydrogens (tertiary/aromatic N) is 2. The van der Waals surface area contributed by atoms with Crippen LogP contribution in [0.15, 0.2) is 50.2 Å². The van der Waals surface area contributed by atoms with Gasteiger partial charge < -0.3 is 9.73 Å². The first-order chi connectivity index (χ1) is 9.24. The summed E-state index contributed by atoms with van der Waals surface area (Å²) in [7, 11) is 0. The Morgan fingerprint density at radius 2 is 2.11 bits per heavy atom. The zero-order valence-electron chi connectivity index (χ0n) is 9.73. The van der Waals surface area contributed by atoms with Crippen LogP contribution >= 0.6 is 31.9 Å². The molecule has 2 aromatic heterocycles. The summed E-state index contributed by atoms with van der Waals surface area (Å²) in [4.78, 5) is 8.57. The van der Waals surface area contributed by atoms with Crippen LogP contribution in [0.1, 0.15) is 5.76 Å². The van der Waals surface area contributed by atoms with Crippen molar-refractivity contribution in [1.29, 1.82) is 0 Å². The number of fused-ring (bicyclic) bond motifs is 1. The average molecular weight is 383 g/mol. The van der Waals surface area contributed by atoms with E-state index in [1.807, 2.05) is 24.3 Å². The zero-order chi connectivity index (χ0) is 13.2. The van der Waals surface area contributed by atoms with Crippen molar-refractivity contribution in [3.05, 3.63) is 51.6 Å². The summed E-state index contributed by atoms with van der Waals surface area (Å²) in [6.07, 6.45) is 3.20. The molecule has 4 nitrogen and oxygen atoms in total. The second-order valence-corrected chi connectivity index (χ2v) is 5.71. The minimum Gasteiger partial charge on any atom is -0.467 e. The molecule has 0 spiro atoms. The molecule has 1 N–H and O–H groups in total. The number of hydrogen-bond acceptors (Lipinski definition) is 4. The summed E-state index contributed by atoms with van der Waals surface area (Å²) in [6.45, 7) is 0.587. The topological polar surface area (TPSA) is 51.0 Å². The van der Waals surface area contributed by atoms with Gasteiger partial charge in [0.1, 0.15) is 17.9 Å². The SMILES string of the molecule is Brc1cc(Br)c2ncnc(NCc3ccco3)c2c1. The standard InChI is InChI=1S/C13H9Br2N3O/c14-8-4-10-12(11(15)5-8)17-7-18-13(10)16-6-9-2-1-3-19-9/h1-5,7H,6H2,(H,16,17,18). The maximum atomic E-state index is 5.29. The summed E-state index contributed by atoms with van der Waals surface area (Å²) in [5, 5.41) is 4.21. The third-order valence-electron chi connectivity index (χ3n) is 2.67. The van der Waals surface area contributed by atoms with Gasteiger partial charge in [-0.25, -0.2) is 9.97 Å². The molecule has 96 valence electrons. The number of rotatable bonds is 3. The van der Waals surface area contributed by atoms with Gasteiger partial charge in [-0.1, -0.05) is 15.9 Å². The molecule has 1 aromatic carbocycles. The Bertz CT molecular complexity index is 713. The van der Waals surface area contributed by atoms with Crippen molar-refractivity contribution in [1.82, 2.24) is 9.97 Å². The Balaban J connectivity index is 1.99. The van der Waals surface area contributed by atoms with Gasteiger partial charge in [0.2, 0.25) is 0 Å². The molecule has 3 aromatic rings. The zero-order valence-corrected chi connectivity index (χ0v) is 12.9. The predicted octanol–water partition coefficient (Wildman–Crippen LogP) is 4.36. The minimum atomic E-state index is 0.587. The predicted molar refractivity (Wildman–Crippen MR) is 81.0 cm³/mol. The first kappa shape index (κ1) is 12.6. The van der Waals surface area contributed by atoms with Crippen molar-refractivity contribution >= 4 is 48.6 Å². The monoisotopic (exact) mass is 381 g/mol. The maximum absolute atomic E-state index is 5.29. The van der Waals surface area contributed by atoms with Crippen molar-refractivity contribution in [3.8, 4) is 0 Å². The molecule has 0 aliphatic carbocycles. The Morgan fingerprint density at radius 1 is 1.21 bits per heavy atom. The van der Waals surface area contributed by atoms with Gasteiger partial charge in [-0.2, -0.15) is 0 Å². The van der Waals surface area contributed by atoms with Crippen molar-refractivity contribution in [3.63, 3.8) is 0 Å². The van der Waals surface area contributed by atoms with E-state index >= 15 is 0 Å². The molecule has 0 amide bonds. The minimum absolute atomic E-state index is 0.587. The van der Waals surface area contributed by atoms with Gasteiger partial charge in [0.05, 0.1) is 18.3 Å². The van der Waals surface area contributed by atoms with E-state index in [2.05, 4.69) is 47.1 Å². The Labute approximate surface area is 126 Å². The third-order valence-corrected chi connectivity index (χ3v) is 3.73. The van der Waals surface area contributed by atoms with E-state index in [0.29, 0.717) is 6.54 Å². The molecule has 0 fully saturated rings. The van der Waals surface area contributed by atoms with E-state index < -0.39 is 0 Å². The molecule has 0 bridgehead atoms. The molecule has 0 radical (unpaired) electrons. The van der Waals surface area contributed by atoms with Crippen LogP contribution in [0, 0.1) is 0 Å². The number of hydrogen-bond donors (Lipinski definition) is 1. The first-order valence-corrected chi connectivity index (χ1v) is 7.18. The quantitative estimate of drug-likeness (QED) is 0.731. The highest BCUT2D eigenvalue weighted by molar-refractivity contribution is 9.11. The van der Waals surface area contributed by atoms with Gasteiger partial charge >= 0.3 is 0 Å². The normalized spacial score (nSPS) is 10.8. The number of nitrogens with one attached hydrogen (secondary N) is 1. The largest absolute Gasteiger partial charge is 0.467 e. The van der Waals surface area contributed by atoms with Crippen molar-refractivity contribution < 1.29 is 4.42 Å². The van der Waals surface area contributed by atoms with Crippen LogP contribution in [0.2, 0.25) is 0 Å². The number of halogens is 2. The lowest BCUT2D eigenvalue weighted by Gasteiger charge is -2.08. The third kappa shape index (κ3) is 2.64. The van der Waals surface area contributed by atoms with Gasteiger partial charge in [-0.15, -0.1) is 0 Å². The Kier molecular flexibility index (Phi) is 3.52. The Morgan fingerprint density at radius 3 is 2.89 bits per heavy atom. The molecule has 0 aliphatic rings. The molecule has 19 heavy (non-hydrogen) atoms. The summed E-state index contributed by atoms with van der Waals surface area (Å²) in [5.41, 5.74) is 0.875. The van der Waals surface area contributed by atoms with E-state index in [1.54, 1.807) is 12.6 Å². The second-order valence-electron chi connectivity index (χ2n) is 3.94. The Hall–Kier alpha value is -1.40. The van der Waals surface area contributed by atoms with E-state index in [9.17, 15) is 0 Å². The lowest BCUT2D eigenvalue weighted by atomic mass is 10.2. The average Bonchev–Trinajstić information content (AvgIpc) is 2.89. The lowest BCUT2D eigenvalue weighted by molar-refractivity contribution is 0.518. The smallest absolute Gasteiger partial charge is 0.137 e. The van der Waals surface area contributed by atoms with Crippen LogP contribution in [0.5, 0.6) is 0 Å². The number of furan rings is 1. The van der Waals surface area contributed by atoms with Crippen LogP contribution in [0.3, 0.4) is 0 Å². The van der Waals surface area contributed by atoms with Gasteiger partial charge in [0, 0.05) is 14.3 Å². The second kappa shape index (κ2) is 5.30. The molecule has 0 aliphatic heterocycles. The highest BCUT2D eigenvalue weighted by Crippen LogP contribution is 2.30. The van der Waals surface area contributed by atoms with E-state index in [4.69, 9.17) is 4.42 Å².